The highest BCUT2D eigenvalue weighted by atomic mass is 16.6. The van der Waals surface area contributed by atoms with Crippen LogP contribution < -0.4 is 0 Å². The largest absolute Gasteiger partial charge is 0.448 e. The monoisotopic (exact) mass is 492 g/mol. The van der Waals surface area contributed by atoms with Gasteiger partial charge in [0.15, 0.2) is 11.4 Å². The number of nitrogens with zero attached hydrogens (tertiary/aromatic N) is 4. The summed E-state index contributed by atoms with van der Waals surface area (Å²) in [6, 6.07) is 18.7. The lowest BCUT2D eigenvalue weighted by Crippen LogP contribution is -2.48. The molecule has 4 aromatic rings. The van der Waals surface area contributed by atoms with Gasteiger partial charge in [0.25, 0.3) is 0 Å². The lowest BCUT2D eigenvalue weighted by atomic mass is 9.85. The molecule has 1 aliphatic carbocycles. The third kappa shape index (κ3) is 3.64. The molecule has 0 spiro atoms. The number of aromatic nitrogens is 3. The molecule has 2 saturated heterocycles. The van der Waals surface area contributed by atoms with E-state index >= 15 is 0 Å². The van der Waals surface area contributed by atoms with Crippen molar-refractivity contribution in [1.29, 1.82) is 0 Å². The van der Waals surface area contributed by atoms with Crippen LogP contribution in [0.1, 0.15) is 58.8 Å². The molecule has 4 heterocycles. The fourth-order valence-electron chi connectivity index (χ4n) is 6.72. The van der Waals surface area contributed by atoms with E-state index in [0.29, 0.717) is 25.0 Å². The Balaban J connectivity index is 1.05. The summed E-state index contributed by atoms with van der Waals surface area (Å²) < 4.78 is 7.64. The quantitative estimate of drug-likeness (QED) is 0.356. The van der Waals surface area contributed by atoms with Gasteiger partial charge in [0, 0.05) is 42.4 Å². The SMILES string of the molecule is Cc1cc2ncc(C(=O)C3CC4CCC(C3)N4C(=O)OCC3c4ccccc4-c4ccccc43)cn2n1. The van der Waals surface area contributed by atoms with Gasteiger partial charge >= 0.3 is 6.09 Å². The molecule has 3 aliphatic rings. The Morgan fingerprint density at radius 2 is 1.62 bits per heavy atom. The highest BCUT2D eigenvalue weighted by molar-refractivity contribution is 5.97. The smallest absolute Gasteiger partial charge is 0.410 e. The molecule has 2 bridgehead atoms. The predicted molar refractivity (Wildman–Crippen MR) is 138 cm³/mol. The number of hydrogen-bond acceptors (Lipinski definition) is 5. The van der Waals surface area contributed by atoms with Crippen LogP contribution in [0.25, 0.3) is 16.8 Å². The maximum absolute atomic E-state index is 13.4. The van der Waals surface area contributed by atoms with E-state index < -0.39 is 0 Å². The summed E-state index contributed by atoms with van der Waals surface area (Å²) in [7, 11) is 0. The first kappa shape index (κ1) is 22.2. The van der Waals surface area contributed by atoms with Crippen molar-refractivity contribution in [2.45, 2.75) is 50.6 Å². The van der Waals surface area contributed by atoms with Crippen LogP contribution in [0.3, 0.4) is 0 Å². The van der Waals surface area contributed by atoms with Gasteiger partial charge in [0.2, 0.25) is 0 Å². The van der Waals surface area contributed by atoms with E-state index in [0.717, 1.165) is 24.2 Å². The molecule has 2 aromatic heterocycles. The third-order valence-electron chi connectivity index (χ3n) is 8.37. The molecular weight excluding hydrogens is 464 g/mol. The van der Waals surface area contributed by atoms with Gasteiger partial charge in [-0.3, -0.25) is 4.79 Å². The number of rotatable bonds is 4. The molecule has 186 valence electrons. The Hall–Kier alpha value is -4.00. The minimum absolute atomic E-state index is 0.0342. The Labute approximate surface area is 215 Å². The second-order valence-electron chi connectivity index (χ2n) is 10.6. The summed E-state index contributed by atoms with van der Waals surface area (Å²) in [4.78, 5) is 33.0. The Kier molecular flexibility index (Phi) is 5.13. The van der Waals surface area contributed by atoms with Gasteiger partial charge in [-0.15, -0.1) is 0 Å². The molecule has 7 heteroatoms. The van der Waals surface area contributed by atoms with Gasteiger partial charge in [-0.1, -0.05) is 48.5 Å². The van der Waals surface area contributed by atoms with Crippen molar-refractivity contribution >= 4 is 17.5 Å². The minimum atomic E-state index is -0.254. The summed E-state index contributed by atoms with van der Waals surface area (Å²) in [6.45, 7) is 2.23. The second-order valence-corrected chi connectivity index (χ2v) is 10.6. The van der Waals surface area contributed by atoms with Gasteiger partial charge in [-0.2, -0.15) is 5.10 Å². The van der Waals surface area contributed by atoms with E-state index in [4.69, 9.17) is 4.74 Å². The van der Waals surface area contributed by atoms with Gasteiger partial charge < -0.3 is 9.64 Å². The summed E-state index contributed by atoms with van der Waals surface area (Å²) in [5.41, 5.74) is 7.04. The Morgan fingerprint density at radius 3 is 2.30 bits per heavy atom. The normalized spacial score (nSPS) is 22.2. The number of amides is 1. The zero-order chi connectivity index (χ0) is 25.1. The molecular formula is C30H28N4O3. The molecule has 0 radical (unpaired) electrons. The van der Waals surface area contributed by atoms with Crippen molar-refractivity contribution in [3.05, 3.63) is 89.4 Å². The van der Waals surface area contributed by atoms with Crippen LogP contribution >= 0.6 is 0 Å². The van der Waals surface area contributed by atoms with E-state index in [9.17, 15) is 9.59 Å². The lowest BCUT2D eigenvalue weighted by molar-refractivity contribution is 0.0505. The molecule has 2 aromatic carbocycles. The van der Waals surface area contributed by atoms with Crippen LogP contribution in [-0.2, 0) is 4.74 Å². The molecule has 1 amide bonds. The number of hydrogen-bond donors (Lipinski definition) is 0. The van der Waals surface area contributed by atoms with Crippen molar-refractivity contribution < 1.29 is 14.3 Å². The van der Waals surface area contributed by atoms with E-state index in [1.165, 1.54) is 22.3 Å². The highest BCUT2D eigenvalue weighted by Gasteiger charge is 2.46. The first-order chi connectivity index (χ1) is 18.1. The molecule has 37 heavy (non-hydrogen) atoms. The van der Waals surface area contributed by atoms with Gasteiger partial charge in [-0.05, 0) is 54.9 Å². The van der Waals surface area contributed by atoms with Crippen molar-refractivity contribution in [3.8, 4) is 11.1 Å². The van der Waals surface area contributed by atoms with Gasteiger partial charge in [0.1, 0.15) is 6.61 Å². The van der Waals surface area contributed by atoms with E-state index in [1.54, 1.807) is 16.9 Å². The minimum Gasteiger partial charge on any atom is -0.448 e. The maximum Gasteiger partial charge on any atom is 0.410 e. The average molecular weight is 493 g/mol. The number of ketones is 1. The lowest BCUT2D eigenvalue weighted by Gasteiger charge is -2.37. The number of benzene rings is 2. The first-order valence-corrected chi connectivity index (χ1v) is 13.1. The van der Waals surface area contributed by atoms with Crippen LogP contribution in [0, 0.1) is 12.8 Å². The van der Waals surface area contributed by atoms with Crippen LogP contribution in [0.5, 0.6) is 0 Å². The standard InChI is InChI=1S/C30H28N4O3/c1-18-12-28-31-15-20(16-33(28)32-18)29(35)19-13-21-10-11-22(14-19)34(21)30(36)37-17-27-25-8-4-2-6-23(25)24-7-3-5-9-26(24)27/h2-9,12,15-16,19,21-22,27H,10-11,13-14,17H2,1H3. The van der Waals surface area contributed by atoms with Crippen LogP contribution in [0.15, 0.2) is 67.0 Å². The molecule has 2 atom stereocenters. The number of aryl methyl sites for hydroxylation is 1. The zero-order valence-corrected chi connectivity index (χ0v) is 20.7. The van der Waals surface area contributed by atoms with Crippen LogP contribution in [0.4, 0.5) is 4.79 Å². The number of carbonyl (C=O) groups is 2. The fourth-order valence-corrected chi connectivity index (χ4v) is 6.72. The summed E-state index contributed by atoms with van der Waals surface area (Å²) in [5, 5.41) is 4.39. The molecule has 7 rings (SSSR count). The number of carbonyl (C=O) groups excluding carboxylic acids is 2. The predicted octanol–water partition coefficient (Wildman–Crippen LogP) is 5.41. The van der Waals surface area contributed by atoms with Crippen LogP contribution in [0.2, 0.25) is 0 Å². The van der Waals surface area contributed by atoms with Crippen molar-refractivity contribution in [1.82, 2.24) is 19.5 Å². The third-order valence-corrected chi connectivity index (χ3v) is 8.37. The molecule has 7 nitrogen and oxygen atoms in total. The first-order valence-electron chi connectivity index (χ1n) is 13.1. The number of ether oxygens (including phenoxy) is 1. The van der Waals surface area contributed by atoms with Gasteiger partial charge in [0.05, 0.1) is 11.3 Å². The van der Waals surface area contributed by atoms with E-state index in [-0.39, 0.29) is 35.8 Å². The van der Waals surface area contributed by atoms with Crippen molar-refractivity contribution in [3.63, 3.8) is 0 Å². The highest BCUT2D eigenvalue weighted by Crippen LogP contribution is 2.45. The number of fused-ring (bicyclic) bond motifs is 6. The number of piperidine rings is 1. The van der Waals surface area contributed by atoms with E-state index in [1.807, 2.05) is 30.0 Å². The molecule has 2 unspecified atom stereocenters. The van der Waals surface area contributed by atoms with Gasteiger partial charge in [-0.25, -0.2) is 14.3 Å². The van der Waals surface area contributed by atoms with E-state index in [2.05, 4.69) is 46.5 Å². The second kappa shape index (κ2) is 8.54. The summed E-state index contributed by atoms with van der Waals surface area (Å²) in [5.74, 6) is 0.0131. The molecule has 2 aliphatic heterocycles. The Morgan fingerprint density at radius 1 is 0.973 bits per heavy atom. The van der Waals surface area contributed by atoms with Crippen molar-refractivity contribution in [2.24, 2.45) is 5.92 Å². The average Bonchev–Trinajstić information content (AvgIpc) is 3.54. The maximum atomic E-state index is 13.4. The van der Waals surface area contributed by atoms with Crippen LogP contribution in [-0.4, -0.2) is 50.1 Å². The fraction of sp³-hybridized carbons (Fsp3) is 0.333. The summed E-state index contributed by atoms with van der Waals surface area (Å²) in [6.07, 6.45) is 6.32. The zero-order valence-electron chi connectivity index (χ0n) is 20.7. The topological polar surface area (TPSA) is 76.8 Å². The molecule has 0 saturated carbocycles. The van der Waals surface area contributed by atoms with Crippen molar-refractivity contribution in [2.75, 3.05) is 6.61 Å². The molecule has 0 N–H and O–H groups in total. The number of Topliss-reactive ketones (excluding diaryl/α,β-unsaturated/α-hetero) is 1. The molecule has 2 fully saturated rings. The summed E-state index contributed by atoms with van der Waals surface area (Å²) >= 11 is 0. The Bertz CT molecular complexity index is 1480.